The predicted octanol–water partition coefficient (Wildman–Crippen LogP) is 4.77. The normalized spacial score (nSPS) is 23.0. The van der Waals surface area contributed by atoms with Gasteiger partial charge in [0.1, 0.15) is 5.82 Å². The number of benzene rings is 2. The van der Waals surface area contributed by atoms with Crippen molar-refractivity contribution in [3.05, 3.63) is 65.1 Å². The summed E-state index contributed by atoms with van der Waals surface area (Å²) in [6.45, 7) is 2.16. The van der Waals surface area contributed by atoms with E-state index in [9.17, 15) is 4.39 Å². The van der Waals surface area contributed by atoms with Crippen LogP contribution in [0.15, 0.2) is 42.5 Å². The monoisotopic (exact) mass is 320 g/mol. The van der Waals surface area contributed by atoms with Crippen LogP contribution in [0.3, 0.4) is 0 Å². The summed E-state index contributed by atoms with van der Waals surface area (Å²) in [5, 5.41) is 1.37. The minimum Gasteiger partial charge on any atom is -0.313 e. The van der Waals surface area contributed by atoms with E-state index in [1.54, 1.807) is 12.1 Å². The largest absolute Gasteiger partial charge is 0.313 e. The number of rotatable bonds is 1. The third-order valence-electron chi connectivity index (χ3n) is 5.95. The number of nitrogens with zero attached hydrogens (tertiary/aromatic N) is 2. The van der Waals surface area contributed by atoms with E-state index < -0.39 is 0 Å². The van der Waals surface area contributed by atoms with Gasteiger partial charge in [-0.1, -0.05) is 11.6 Å². The highest BCUT2D eigenvalue weighted by Gasteiger charge is 2.40. The fourth-order valence-corrected chi connectivity index (χ4v) is 4.77. The summed E-state index contributed by atoms with van der Waals surface area (Å²) in [5.74, 6) is -0.181. The highest BCUT2D eigenvalue weighted by atomic mass is 19.1. The molecule has 2 bridgehead atoms. The van der Waals surface area contributed by atoms with Crippen molar-refractivity contribution in [3.8, 4) is 5.69 Å². The molecule has 0 amide bonds. The lowest BCUT2D eigenvalue weighted by Crippen LogP contribution is -2.34. The van der Waals surface area contributed by atoms with Crippen LogP contribution in [-0.2, 0) is 6.42 Å². The number of aromatic nitrogens is 1. The lowest BCUT2D eigenvalue weighted by atomic mass is 9.97. The molecule has 0 spiro atoms. The zero-order chi connectivity index (χ0) is 16.4. The van der Waals surface area contributed by atoms with Crippen LogP contribution in [-0.4, -0.2) is 22.6 Å². The molecule has 2 nitrogen and oxygen atoms in total. The summed E-state index contributed by atoms with van der Waals surface area (Å²) in [6.07, 6.45) is 3.59. The zero-order valence-electron chi connectivity index (χ0n) is 14.1. The van der Waals surface area contributed by atoms with Gasteiger partial charge in [-0.2, -0.15) is 0 Å². The van der Waals surface area contributed by atoms with Crippen LogP contribution < -0.4 is 0 Å². The average molecular weight is 320 g/mol. The lowest BCUT2D eigenvalue weighted by molar-refractivity contribution is 0.223. The van der Waals surface area contributed by atoms with Crippen LogP contribution >= 0.6 is 0 Å². The Morgan fingerprint density at radius 1 is 1.04 bits per heavy atom. The number of likely N-dealkylation sites (N-methyl/N-ethyl adjacent to an activating group) is 1. The van der Waals surface area contributed by atoms with Gasteiger partial charge in [0, 0.05) is 35.3 Å². The Hall–Kier alpha value is -2.13. The summed E-state index contributed by atoms with van der Waals surface area (Å²) in [6, 6.07) is 14.8. The predicted molar refractivity (Wildman–Crippen MR) is 95.2 cm³/mol. The van der Waals surface area contributed by atoms with E-state index in [2.05, 4.69) is 41.6 Å². The standard InChI is InChI=1S/C21H21FN2/c1-13-3-9-18-17(11-13)21-19-10-8-16(23(19)2)12-20(21)24(18)15-6-4-14(22)5-7-15/h3-7,9,11,16,19H,8,10,12H2,1-2H3. The number of hydrogen-bond acceptors (Lipinski definition) is 1. The Labute approximate surface area is 141 Å². The maximum absolute atomic E-state index is 13.4. The summed E-state index contributed by atoms with van der Waals surface area (Å²) < 4.78 is 15.8. The molecule has 1 aromatic heterocycles. The van der Waals surface area contributed by atoms with Gasteiger partial charge in [0.25, 0.3) is 0 Å². The van der Waals surface area contributed by atoms with Crippen LogP contribution in [0, 0.1) is 12.7 Å². The Kier molecular flexibility index (Phi) is 2.93. The molecule has 2 unspecified atom stereocenters. The van der Waals surface area contributed by atoms with Crippen LogP contribution in [0.25, 0.3) is 16.6 Å². The van der Waals surface area contributed by atoms with E-state index in [1.807, 2.05) is 12.1 Å². The van der Waals surface area contributed by atoms with Gasteiger partial charge < -0.3 is 4.57 Å². The first-order valence-electron chi connectivity index (χ1n) is 8.75. The van der Waals surface area contributed by atoms with Gasteiger partial charge in [-0.3, -0.25) is 4.90 Å². The smallest absolute Gasteiger partial charge is 0.123 e. The van der Waals surface area contributed by atoms with E-state index in [-0.39, 0.29) is 5.82 Å². The Balaban J connectivity index is 1.85. The minimum absolute atomic E-state index is 0.181. The summed E-state index contributed by atoms with van der Waals surface area (Å²) in [5.41, 5.74) is 6.53. The van der Waals surface area contributed by atoms with Gasteiger partial charge >= 0.3 is 0 Å². The molecule has 2 atom stereocenters. The van der Waals surface area contributed by atoms with E-state index in [1.165, 1.54) is 40.6 Å². The molecule has 3 aromatic rings. The Morgan fingerprint density at radius 2 is 1.83 bits per heavy atom. The van der Waals surface area contributed by atoms with Crippen LogP contribution in [0.4, 0.5) is 4.39 Å². The topological polar surface area (TPSA) is 8.17 Å². The third-order valence-corrected chi connectivity index (χ3v) is 5.95. The maximum Gasteiger partial charge on any atom is 0.123 e. The van der Waals surface area contributed by atoms with E-state index in [0.29, 0.717) is 12.1 Å². The molecule has 0 aliphatic carbocycles. The van der Waals surface area contributed by atoms with Gasteiger partial charge in [0.15, 0.2) is 0 Å². The molecule has 0 radical (unpaired) electrons. The molecule has 3 heterocycles. The first kappa shape index (κ1) is 14.2. The van der Waals surface area contributed by atoms with Crippen LogP contribution in [0.1, 0.15) is 35.7 Å². The molecule has 2 aliphatic heterocycles. The number of fused-ring (bicyclic) bond motifs is 6. The van der Waals surface area contributed by atoms with Gasteiger partial charge in [0.05, 0.1) is 5.52 Å². The van der Waals surface area contributed by atoms with E-state index in [4.69, 9.17) is 0 Å². The van der Waals surface area contributed by atoms with Gasteiger partial charge in [-0.05, 0) is 68.8 Å². The quantitative estimate of drug-likeness (QED) is 0.627. The fourth-order valence-electron chi connectivity index (χ4n) is 4.77. The molecule has 1 saturated heterocycles. The summed E-state index contributed by atoms with van der Waals surface area (Å²) in [4.78, 5) is 2.55. The average Bonchev–Trinajstić information content (AvgIpc) is 2.99. The second-order valence-electron chi connectivity index (χ2n) is 7.31. The molecule has 2 aliphatic rings. The first-order valence-corrected chi connectivity index (χ1v) is 8.75. The van der Waals surface area contributed by atoms with Gasteiger partial charge in [-0.15, -0.1) is 0 Å². The molecule has 2 aromatic carbocycles. The van der Waals surface area contributed by atoms with Crippen molar-refractivity contribution < 1.29 is 4.39 Å². The van der Waals surface area contributed by atoms with Crippen molar-refractivity contribution in [2.75, 3.05) is 7.05 Å². The van der Waals surface area contributed by atoms with Crippen molar-refractivity contribution in [3.63, 3.8) is 0 Å². The molecule has 1 fully saturated rings. The van der Waals surface area contributed by atoms with Crippen LogP contribution in [0.2, 0.25) is 0 Å². The minimum atomic E-state index is -0.181. The Morgan fingerprint density at radius 3 is 2.62 bits per heavy atom. The summed E-state index contributed by atoms with van der Waals surface area (Å²) >= 11 is 0. The number of hydrogen-bond donors (Lipinski definition) is 0. The lowest BCUT2D eigenvalue weighted by Gasteiger charge is -2.32. The molecule has 122 valence electrons. The molecular weight excluding hydrogens is 299 g/mol. The van der Waals surface area contributed by atoms with Gasteiger partial charge in [0.2, 0.25) is 0 Å². The van der Waals surface area contributed by atoms with Crippen LogP contribution in [0.5, 0.6) is 0 Å². The van der Waals surface area contributed by atoms with Gasteiger partial charge in [-0.25, -0.2) is 4.39 Å². The Bertz CT molecular complexity index is 939. The molecular formula is C21H21FN2. The second-order valence-corrected chi connectivity index (χ2v) is 7.31. The highest BCUT2D eigenvalue weighted by Crippen LogP contribution is 2.47. The van der Waals surface area contributed by atoms with Crippen molar-refractivity contribution in [2.45, 2.75) is 38.3 Å². The maximum atomic E-state index is 13.4. The molecule has 3 heteroatoms. The number of aryl methyl sites for hydroxylation is 1. The molecule has 0 N–H and O–H groups in total. The van der Waals surface area contributed by atoms with Crippen molar-refractivity contribution >= 4 is 10.9 Å². The molecule has 0 saturated carbocycles. The SMILES string of the molecule is Cc1ccc2c(c1)c1c(n2-c2ccc(F)cc2)CC2CCC1N2C. The summed E-state index contributed by atoms with van der Waals surface area (Å²) in [7, 11) is 2.27. The fraction of sp³-hybridized carbons (Fsp3) is 0.333. The van der Waals surface area contributed by atoms with Crippen molar-refractivity contribution in [1.29, 1.82) is 0 Å². The highest BCUT2D eigenvalue weighted by molar-refractivity contribution is 5.89. The van der Waals surface area contributed by atoms with Crippen molar-refractivity contribution in [1.82, 2.24) is 9.47 Å². The molecule has 24 heavy (non-hydrogen) atoms. The second kappa shape index (κ2) is 4.93. The third kappa shape index (κ3) is 1.85. The van der Waals surface area contributed by atoms with E-state index >= 15 is 0 Å². The zero-order valence-corrected chi connectivity index (χ0v) is 14.1. The first-order chi connectivity index (χ1) is 11.6. The molecule has 5 rings (SSSR count). The van der Waals surface area contributed by atoms with E-state index in [0.717, 1.165) is 12.1 Å². The number of halogens is 1. The van der Waals surface area contributed by atoms with Crippen molar-refractivity contribution in [2.24, 2.45) is 0 Å².